The molecule has 0 fully saturated rings. The molecule has 0 unspecified atom stereocenters. The summed E-state index contributed by atoms with van der Waals surface area (Å²) in [5, 5.41) is 8.60. The normalized spacial score (nSPS) is 14.5. The van der Waals surface area contributed by atoms with Gasteiger partial charge in [0.1, 0.15) is 5.75 Å². The molecule has 0 bridgehead atoms. The average molecular weight is 419 g/mol. The second kappa shape index (κ2) is 9.03. The largest absolute Gasteiger partial charge is 0.493 e. The first kappa shape index (κ1) is 20.8. The van der Waals surface area contributed by atoms with E-state index in [0.717, 1.165) is 0 Å². The summed E-state index contributed by atoms with van der Waals surface area (Å²) in [6, 6.07) is 10.4. The van der Waals surface area contributed by atoms with E-state index in [1.54, 1.807) is 24.3 Å². The summed E-state index contributed by atoms with van der Waals surface area (Å²) in [5.74, 6) is -1.58. The summed E-state index contributed by atoms with van der Waals surface area (Å²) in [6.07, 6.45) is 1.47. The number of carboxylic acids is 1. The minimum absolute atomic E-state index is 0.0189. The lowest BCUT2D eigenvalue weighted by Gasteiger charge is -2.10. The highest BCUT2D eigenvalue weighted by molar-refractivity contribution is 6.13. The molecule has 0 aliphatic carbocycles. The predicted octanol–water partition coefficient (Wildman–Crippen LogP) is 3.10. The van der Waals surface area contributed by atoms with Crippen molar-refractivity contribution in [3.8, 4) is 17.2 Å². The number of nitrogens with zero attached hydrogens (tertiary/aromatic N) is 1. The second-order valence-electron chi connectivity index (χ2n) is 5.83. The fourth-order valence-corrected chi connectivity index (χ4v) is 2.49. The number of carbonyl (C=O) groups is 2. The number of carbonyl (C=O) groups excluding carboxylic acids is 1. The molecule has 30 heavy (non-hydrogen) atoms. The molecule has 0 radical (unpaired) electrons. The molecule has 0 amide bonds. The standard InChI is InChI=1S/C20H15F2NO7/c1-27-16-9-12(4-7-15(16)29-20(21)22)18-23-14(19(26)30-18)8-11-2-5-13(6-3-11)28-10-17(24)25/h2-9,20H,10H2,1H3,(H,24,25). The van der Waals surface area contributed by atoms with Crippen LogP contribution in [0.25, 0.3) is 6.08 Å². The minimum atomic E-state index is -3.01. The number of ether oxygens (including phenoxy) is 4. The minimum Gasteiger partial charge on any atom is -0.493 e. The van der Waals surface area contributed by atoms with Crippen molar-refractivity contribution in [1.29, 1.82) is 0 Å². The van der Waals surface area contributed by atoms with E-state index < -0.39 is 25.2 Å². The van der Waals surface area contributed by atoms with Gasteiger partial charge in [-0.2, -0.15) is 8.78 Å². The summed E-state index contributed by atoms with van der Waals surface area (Å²) in [7, 11) is 1.29. The lowest BCUT2D eigenvalue weighted by molar-refractivity contribution is -0.139. The molecule has 3 rings (SSSR count). The zero-order valence-corrected chi connectivity index (χ0v) is 15.5. The van der Waals surface area contributed by atoms with Crippen LogP contribution in [0.2, 0.25) is 0 Å². The Morgan fingerprint density at radius 2 is 1.93 bits per heavy atom. The van der Waals surface area contributed by atoms with E-state index in [9.17, 15) is 18.4 Å². The summed E-state index contributed by atoms with van der Waals surface area (Å²) in [5.41, 5.74) is 0.964. The van der Waals surface area contributed by atoms with Crippen LogP contribution in [0.4, 0.5) is 8.78 Å². The van der Waals surface area contributed by atoms with Crippen molar-refractivity contribution in [2.45, 2.75) is 6.61 Å². The van der Waals surface area contributed by atoms with Crippen LogP contribution in [-0.2, 0) is 14.3 Å². The molecule has 8 nitrogen and oxygen atoms in total. The number of aliphatic imine (C=N–C) groups is 1. The average Bonchev–Trinajstić information content (AvgIpc) is 3.07. The van der Waals surface area contributed by atoms with Gasteiger partial charge in [0.15, 0.2) is 23.8 Å². The number of carboxylic acid groups (broad SMARTS) is 1. The smallest absolute Gasteiger partial charge is 0.387 e. The van der Waals surface area contributed by atoms with Gasteiger partial charge in [0.05, 0.1) is 7.11 Å². The fourth-order valence-electron chi connectivity index (χ4n) is 2.49. The van der Waals surface area contributed by atoms with Crippen LogP contribution in [-0.4, -0.2) is 43.3 Å². The number of esters is 1. The Morgan fingerprint density at radius 3 is 2.57 bits per heavy atom. The fraction of sp³-hybridized carbons (Fsp3) is 0.150. The van der Waals surface area contributed by atoms with Crippen molar-refractivity contribution in [2.24, 2.45) is 4.99 Å². The van der Waals surface area contributed by atoms with E-state index in [-0.39, 0.29) is 23.1 Å². The number of hydrogen-bond donors (Lipinski definition) is 1. The highest BCUT2D eigenvalue weighted by Crippen LogP contribution is 2.31. The van der Waals surface area contributed by atoms with Crippen LogP contribution in [0.3, 0.4) is 0 Å². The number of aliphatic carboxylic acids is 1. The van der Waals surface area contributed by atoms with Gasteiger partial charge in [-0.05, 0) is 42.0 Å². The van der Waals surface area contributed by atoms with E-state index in [4.69, 9.17) is 19.3 Å². The van der Waals surface area contributed by atoms with Gasteiger partial charge in [0.2, 0.25) is 5.90 Å². The molecule has 1 heterocycles. The number of halogens is 2. The lowest BCUT2D eigenvalue weighted by Crippen LogP contribution is -2.09. The van der Waals surface area contributed by atoms with E-state index in [0.29, 0.717) is 16.9 Å². The van der Waals surface area contributed by atoms with Gasteiger partial charge in [0, 0.05) is 5.56 Å². The van der Waals surface area contributed by atoms with Crippen LogP contribution in [0.1, 0.15) is 11.1 Å². The van der Waals surface area contributed by atoms with E-state index in [1.807, 2.05) is 0 Å². The van der Waals surface area contributed by atoms with Crippen LogP contribution < -0.4 is 14.2 Å². The van der Waals surface area contributed by atoms with Gasteiger partial charge >= 0.3 is 18.6 Å². The molecule has 1 N–H and O–H groups in total. The molecule has 0 saturated carbocycles. The Bertz CT molecular complexity index is 1020. The number of benzene rings is 2. The van der Waals surface area contributed by atoms with Crippen molar-refractivity contribution in [3.05, 3.63) is 59.3 Å². The maximum Gasteiger partial charge on any atom is 0.387 e. The third-order valence-corrected chi connectivity index (χ3v) is 3.79. The number of hydrogen-bond acceptors (Lipinski definition) is 7. The molecular formula is C20H15F2NO7. The van der Waals surface area contributed by atoms with E-state index >= 15 is 0 Å². The van der Waals surface area contributed by atoms with Crippen LogP contribution >= 0.6 is 0 Å². The van der Waals surface area contributed by atoms with Crippen LogP contribution in [0, 0.1) is 0 Å². The van der Waals surface area contributed by atoms with Crippen LogP contribution in [0.5, 0.6) is 17.2 Å². The van der Waals surface area contributed by atoms with Gasteiger partial charge in [-0.1, -0.05) is 12.1 Å². The third kappa shape index (κ3) is 5.10. The molecule has 2 aromatic rings. The number of methoxy groups -OCH3 is 1. The summed E-state index contributed by atoms with van der Waals surface area (Å²) >= 11 is 0. The van der Waals surface area contributed by atoms with Gasteiger partial charge in [0.25, 0.3) is 0 Å². The quantitative estimate of drug-likeness (QED) is 0.518. The molecule has 2 aromatic carbocycles. The Kier molecular flexibility index (Phi) is 6.26. The van der Waals surface area contributed by atoms with Crippen molar-refractivity contribution < 1.29 is 42.4 Å². The molecular weight excluding hydrogens is 404 g/mol. The van der Waals surface area contributed by atoms with Gasteiger partial charge in [-0.3, -0.25) is 0 Å². The van der Waals surface area contributed by atoms with E-state index in [2.05, 4.69) is 9.73 Å². The SMILES string of the molecule is COc1cc(C2=NC(=Cc3ccc(OCC(=O)O)cc3)C(=O)O2)ccc1OC(F)F. The molecule has 156 valence electrons. The molecule has 0 saturated heterocycles. The van der Waals surface area contributed by atoms with Gasteiger partial charge < -0.3 is 24.1 Å². The second-order valence-corrected chi connectivity index (χ2v) is 5.83. The lowest BCUT2D eigenvalue weighted by atomic mass is 10.2. The topological polar surface area (TPSA) is 104 Å². The summed E-state index contributed by atoms with van der Waals surface area (Å²) in [6.45, 7) is -3.48. The first-order valence-electron chi connectivity index (χ1n) is 8.46. The maximum atomic E-state index is 12.4. The first-order chi connectivity index (χ1) is 14.4. The zero-order chi connectivity index (χ0) is 21.7. The molecule has 10 heteroatoms. The van der Waals surface area contributed by atoms with Crippen LogP contribution in [0.15, 0.2) is 53.2 Å². The monoisotopic (exact) mass is 419 g/mol. The van der Waals surface area contributed by atoms with Crippen molar-refractivity contribution in [1.82, 2.24) is 0 Å². The molecule has 0 aromatic heterocycles. The number of alkyl halides is 2. The Balaban J connectivity index is 1.80. The molecule has 0 atom stereocenters. The van der Waals surface area contributed by atoms with Gasteiger partial charge in [-0.25, -0.2) is 14.6 Å². The molecule has 0 spiro atoms. The summed E-state index contributed by atoms with van der Waals surface area (Å²) < 4.78 is 44.4. The Labute approximate surface area is 169 Å². The van der Waals surface area contributed by atoms with Crippen molar-refractivity contribution >= 4 is 23.9 Å². The highest BCUT2D eigenvalue weighted by Gasteiger charge is 2.25. The molecule has 1 aliphatic rings. The van der Waals surface area contributed by atoms with Crippen molar-refractivity contribution in [3.63, 3.8) is 0 Å². The van der Waals surface area contributed by atoms with Gasteiger partial charge in [-0.15, -0.1) is 0 Å². The summed E-state index contributed by atoms with van der Waals surface area (Å²) in [4.78, 5) is 26.8. The van der Waals surface area contributed by atoms with E-state index in [1.165, 1.54) is 31.4 Å². The predicted molar refractivity (Wildman–Crippen MR) is 99.8 cm³/mol. The Morgan fingerprint density at radius 1 is 1.20 bits per heavy atom. The number of rotatable bonds is 8. The van der Waals surface area contributed by atoms with Crippen molar-refractivity contribution in [2.75, 3.05) is 13.7 Å². The highest BCUT2D eigenvalue weighted by atomic mass is 19.3. The molecule has 1 aliphatic heterocycles. The first-order valence-corrected chi connectivity index (χ1v) is 8.46. The number of cyclic esters (lactones) is 1. The zero-order valence-electron chi connectivity index (χ0n) is 15.5. The Hall–Kier alpha value is -3.95. The maximum absolute atomic E-state index is 12.4. The third-order valence-electron chi connectivity index (χ3n) is 3.79.